The molecule has 0 aromatic carbocycles. The Morgan fingerprint density at radius 2 is 2.07 bits per heavy atom. The number of imidazole rings is 1. The molecule has 0 fully saturated rings. The zero-order chi connectivity index (χ0) is 10.3. The number of nitrogens with two attached hydrogens (primary N) is 1. The van der Waals surface area contributed by atoms with E-state index in [1.165, 1.54) is 0 Å². The van der Waals surface area contributed by atoms with E-state index >= 15 is 0 Å². The van der Waals surface area contributed by atoms with E-state index in [2.05, 4.69) is 30.7 Å². The number of hydrogen-bond acceptors (Lipinski definition) is 3. The maximum Gasteiger partial charge on any atom is 0.179 e. The number of nitrogen functional groups attached to an aromatic ring is 1. The lowest BCUT2D eigenvalue weighted by atomic mass is 9.93. The fourth-order valence-corrected chi connectivity index (χ4v) is 1.32. The Morgan fingerprint density at radius 3 is 2.71 bits per heavy atom. The molecule has 74 valence electrons. The van der Waals surface area contributed by atoms with Gasteiger partial charge in [0, 0.05) is 24.0 Å². The Labute approximate surface area is 82.8 Å². The Bertz CT molecular complexity index is 464. The van der Waals surface area contributed by atoms with Crippen LogP contribution in [0.25, 0.3) is 5.65 Å². The van der Waals surface area contributed by atoms with Gasteiger partial charge in [0.25, 0.3) is 0 Å². The summed E-state index contributed by atoms with van der Waals surface area (Å²) in [6.45, 7) is 6.33. The topological polar surface area (TPSA) is 56.2 Å². The first-order valence-corrected chi connectivity index (χ1v) is 4.58. The summed E-state index contributed by atoms with van der Waals surface area (Å²) in [6.07, 6.45) is 5.57. The molecule has 2 aromatic rings. The molecule has 0 radical (unpaired) electrons. The quantitative estimate of drug-likeness (QED) is 0.686. The summed E-state index contributed by atoms with van der Waals surface area (Å²) in [6, 6.07) is 0. The molecule has 0 atom stereocenters. The van der Waals surface area contributed by atoms with Crippen molar-refractivity contribution in [2.24, 2.45) is 0 Å². The maximum atomic E-state index is 5.80. The number of aromatic nitrogens is 3. The summed E-state index contributed by atoms with van der Waals surface area (Å²) in [5.74, 6) is 0.488. The van der Waals surface area contributed by atoms with Gasteiger partial charge in [0.15, 0.2) is 11.5 Å². The molecule has 0 aliphatic carbocycles. The van der Waals surface area contributed by atoms with Gasteiger partial charge >= 0.3 is 0 Å². The molecule has 0 saturated heterocycles. The first kappa shape index (κ1) is 8.99. The van der Waals surface area contributed by atoms with Crippen LogP contribution in [-0.4, -0.2) is 14.4 Å². The van der Waals surface area contributed by atoms with E-state index in [0.29, 0.717) is 5.82 Å². The van der Waals surface area contributed by atoms with Crippen molar-refractivity contribution in [3.05, 3.63) is 24.3 Å². The van der Waals surface area contributed by atoms with Gasteiger partial charge in [-0.25, -0.2) is 9.97 Å². The minimum Gasteiger partial charge on any atom is -0.381 e. The minimum absolute atomic E-state index is 0.00653. The second-order valence-electron chi connectivity index (χ2n) is 4.42. The van der Waals surface area contributed by atoms with Crippen LogP contribution >= 0.6 is 0 Å². The van der Waals surface area contributed by atoms with Crippen LogP contribution in [0, 0.1) is 0 Å². The van der Waals surface area contributed by atoms with E-state index in [4.69, 9.17) is 5.73 Å². The van der Waals surface area contributed by atoms with Crippen molar-refractivity contribution < 1.29 is 0 Å². The predicted molar refractivity (Wildman–Crippen MR) is 56.1 cm³/mol. The van der Waals surface area contributed by atoms with Gasteiger partial charge in [-0.15, -0.1) is 0 Å². The minimum atomic E-state index is 0.00653. The molecule has 0 bridgehead atoms. The molecule has 2 aromatic heterocycles. The van der Waals surface area contributed by atoms with Crippen LogP contribution in [0.2, 0.25) is 0 Å². The fourth-order valence-electron chi connectivity index (χ4n) is 1.32. The first-order valence-electron chi connectivity index (χ1n) is 4.58. The van der Waals surface area contributed by atoms with E-state index in [9.17, 15) is 0 Å². The monoisotopic (exact) mass is 190 g/mol. The van der Waals surface area contributed by atoms with Crippen molar-refractivity contribution in [2.45, 2.75) is 26.2 Å². The van der Waals surface area contributed by atoms with E-state index in [1.54, 1.807) is 6.20 Å². The predicted octanol–water partition coefficient (Wildman–Crippen LogP) is 1.61. The zero-order valence-corrected chi connectivity index (χ0v) is 8.65. The van der Waals surface area contributed by atoms with Crippen molar-refractivity contribution in [2.75, 3.05) is 5.73 Å². The van der Waals surface area contributed by atoms with Crippen molar-refractivity contribution in [1.82, 2.24) is 14.4 Å². The number of anilines is 1. The Balaban J connectivity index is 2.70. The average Bonchev–Trinajstić information content (AvgIpc) is 2.50. The van der Waals surface area contributed by atoms with E-state index < -0.39 is 0 Å². The molecule has 0 aliphatic rings. The first-order chi connectivity index (χ1) is 6.48. The molecule has 0 spiro atoms. The molecule has 14 heavy (non-hydrogen) atoms. The van der Waals surface area contributed by atoms with Gasteiger partial charge in [-0.2, -0.15) is 0 Å². The van der Waals surface area contributed by atoms with Crippen molar-refractivity contribution in [1.29, 1.82) is 0 Å². The molecular formula is C10H14N4. The third kappa shape index (κ3) is 1.32. The van der Waals surface area contributed by atoms with Gasteiger partial charge in [0.1, 0.15) is 0 Å². The molecule has 4 nitrogen and oxygen atoms in total. The third-order valence-electron chi connectivity index (χ3n) is 2.17. The molecule has 2 heterocycles. The smallest absolute Gasteiger partial charge is 0.179 e. The maximum absolute atomic E-state index is 5.80. The second kappa shape index (κ2) is 2.70. The van der Waals surface area contributed by atoms with E-state index in [-0.39, 0.29) is 5.41 Å². The Hall–Kier alpha value is -1.58. The van der Waals surface area contributed by atoms with Crippen molar-refractivity contribution >= 4 is 11.5 Å². The van der Waals surface area contributed by atoms with Crippen molar-refractivity contribution in [3.63, 3.8) is 0 Å². The van der Waals surface area contributed by atoms with E-state index in [1.807, 2.05) is 16.8 Å². The van der Waals surface area contributed by atoms with Gasteiger partial charge in [-0.3, -0.25) is 0 Å². The lowest BCUT2D eigenvalue weighted by Gasteiger charge is -2.18. The highest BCUT2D eigenvalue weighted by molar-refractivity contribution is 5.59. The lowest BCUT2D eigenvalue weighted by Crippen LogP contribution is -2.15. The normalized spacial score (nSPS) is 12.2. The number of rotatable bonds is 0. The number of nitrogens with zero attached hydrogens (tertiary/aromatic N) is 3. The molecule has 0 aliphatic heterocycles. The molecular weight excluding hydrogens is 176 g/mol. The number of hydrogen-bond donors (Lipinski definition) is 1. The highest BCUT2D eigenvalue weighted by Gasteiger charge is 2.17. The largest absolute Gasteiger partial charge is 0.381 e. The van der Waals surface area contributed by atoms with Gasteiger partial charge in [-0.05, 0) is 0 Å². The summed E-state index contributed by atoms with van der Waals surface area (Å²) < 4.78 is 1.91. The van der Waals surface area contributed by atoms with Crippen LogP contribution in [0.15, 0.2) is 18.6 Å². The highest BCUT2D eigenvalue weighted by atomic mass is 15.1. The zero-order valence-electron chi connectivity index (χ0n) is 8.65. The summed E-state index contributed by atoms with van der Waals surface area (Å²) in [5, 5.41) is 0. The summed E-state index contributed by atoms with van der Waals surface area (Å²) in [5.41, 5.74) is 7.50. The third-order valence-corrected chi connectivity index (χ3v) is 2.17. The van der Waals surface area contributed by atoms with Crippen LogP contribution < -0.4 is 5.73 Å². The van der Waals surface area contributed by atoms with Crippen LogP contribution in [0.1, 0.15) is 26.5 Å². The van der Waals surface area contributed by atoms with Gasteiger partial charge in [0.05, 0.1) is 5.69 Å². The molecule has 0 amide bonds. The molecule has 0 saturated carbocycles. The SMILES string of the molecule is CC(C)(C)c1cn2ccnc2c(N)n1. The van der Waals surface area contributed by atoms with Gasteiger partial charge < -0.3 is 10.1 Å². The molecule has 0 unspecified atom stereocenters. The summed E-state index contributed by atoms with van der Waals surface area (Å²) >= 11 is 0. The second-order valence-corrected chi connectivity index (χ2v) is 4.42. The van der Waals surface area contributed by atoms with Gasteiger partial charge in [0.2, 0.25) is 0 Å². The molecule has 2 rings (SSSR count). The van der Waals surface area contributed by atoms with Crippen LogP contribution in [-0.2, 0) is 5.41 Å². The Kier molecular flexibility index (Phi) is 1.74. The van der Waals surface area contributed by atoms with Crippen LogP contribution in [0.5, 0.6) is 0 Å². The average molecular weight is 190 g/mol. The van der Waals surface area contributed by atoms with Gasteiger partial charge in [-0.1, -0.05) is 20.8 Å². The standard InChI is InChI=1S/C10H14N4/c1-10(2,3)7-6-14-5-4-12-9(14)8(11)13-7/h4-6H,1-3H3,(H2,11,13). The molecule has 2 N–H and O–H groups in total. The lowest BCUT2D eigenvalue weighted by molar-refractivity contribution is 0.565. The molecule has 4 heteroatoms. The fraction of sp³-hybridized carbons (Fsp3) is 0.400. The summed E-state index contributed by atoms with van der Waals surface area (Å²) in [7, 11) is 0. The van der Waals surface area contributed by atoms with Crippen molar-refractivity contribution in [3.8, 4) is 0 Å². The van der Waals surface area contributed by atoms with E-state index in [0.717, 1.165) is 11.3 Å². The van der Waals surface area contributed by atoms with Crippen LogP contribution in [0.3, 0.4) is 0 Å². The van der Waals surface area contributed by atoms with Crippen LogP contribution in [0.4, 0.5) is 5.82 Å². The number of fused-ring (bicyclic) bond motifs is 1. The summed E-state index contributed by atoms with van der Waals surface area (Å²) in [4.78, 5) is 8.46. The Morgan fingerprint density at radius 1 is 1.36 bits per heavy atom. The highest BCUT2D eigenvalue weighted by Crippen LogP contribution is 2.22.